The predicted molar refractivity (Wildman–Crippen MR) is 126 cm³/mol. The zero-order valence-corrected chi connectivity index (χ0v) is 19.1. The van der Waals surface area contributed by atoms with Gasteiger partial charge in [-0.1, -0.05) is 0 Å². The molecule has 1 amide bonds. The molecule has 0 atom stereocenters. The number of hydrogen-bond acceptors (Lipinski definition) is 6. The number of aromatic nitrogens is 3. The Hall–Kier alpha value is -3.81. The van der Waals surface area contributed by atoms with Gasteiger partial charge >= 0.3 is 0 Å². The molecule has 2 heterocycles. The maximum absolute atomic E-state index is 12.4. The molecule has 1 N–H and O–H groups in total. The Bertz CT molecular complexity index is 1110. The van der Waals surface area contributed by atoms with Gasteiger partial charge in [0, 0.05) is 42.2 Å². The maximum Gasteiger partial charge on any atom is 0.244 e. The minimum Gasteiger partial charge on any atom is -0.493 e. The summed E-state index contributed by atoms with van der Waals surface area (Å²) in [6.45, 7) is 1.09. The van der Waals surface area contributed by atoms with E-state index in [1.807, 2.05) is 16.8 Å². The van der Waals surface area contributed by atoms with E-state index in [4.69, 9.17) is 19.3 Å². The Balaban J connectivity index is 1.38. The van der Waals surface area contributed by atoms with Crippen molar-refractivity contribution in [1.82, 2.24) is 20.1 Å². The summed E-state index contributed by atoms with van der Waals surface area (Å²) in [4.78, 5) is 16.4. The standard InChI is InChI=1S/C25H28N4O4/c1-31-22-14-17(15-23(32-2)25(22)33-3)4-7-24(30)27-12-13-29-21(19-5-6-19)16-20(28-29)18-8-10-26-11-9-18/h4,7-11,14-16,19H,5-6,12-13H2,1-3H3,(H,27,30). The number of hydrogen-bond donors (Lipinski definition) is 1. The zero-order chi connectivity index (χ0) is 23.2. The Morgan fingerprint density at radius 2 is 1.79 bits per heavy atom. The number of nitrogens with zero attached hydrogens (tertiary/aromatic N) is 3. The van der Waals surface area contributed by atoms with Gasteiger partial charge in [0.15, 0.2) is 11.5 Å². The highest BCUT2D eigenvalue weighted by Gasteiger charge is 2.28. The second-order valence-electron chi connectivity index (χ2n) is 7.77. The van der Waals surface area contributed by atoms with Crippen molar-refractivity contribution >= 4 is 12.0 Å². The minimum absolute atomic E-state index is 0.182. The fourth-order valence-corrected chi connectivity index (χ4v) is 3.70. The van der Waals surface area contributed by atoms with Crippen LogP contribution in [0.3, 0.4) is 0 Å². The highest BCUT2D eigenvalue weighted by atomic mass is 16.5. The van der Waals surface area contributed by atoms with Crippen molar-refractivity contribution in [1.29, 1.82) is 0 Å². The molecule has 1 saturated carbocycles. The highest BCUT2D eigenvalue weighted by Crippen LogP contribution is 2.41. The predicted octanol–water partition coefficient (Wildman–Crippen LogP) is 3.68. The molecule has 0 radical (unpaired) electrons. The lowest BCUT2D eigenvalue weighted by atomic mass is 10.1. The number of methoxy groups -OCH3 is 3. The molecular formula is C25H28N4O4. The van der Waals surface area contributed by atoms with E-state index in [0.29, 0.717) is 36.3 Å². The number of carbonyl (C=O) groups excluding carboxylic acids is 1. The van der Waals surface area contributed by atoms with Crippen LogP contribution in [0, 0.1) is 0 Å². The van der Waals surface area contributed by atoms with Crippen LogP contribution in [0.5, 0.6) is 17.2 Å². The van der Waals surface area contributed by atoms with Crippen LogP contribution in [0.15, 0.2) is 48.8 Å². The molecule has 4 rings (SSSR count). The molecule has 0 aliphatic heterocycles. The molecule has 0 unspecified atom stereocenters. The first-order chi connectivity index (χ1) is 16.1. The average Bonchev–Trinajstić information content (AvgIpc) is 3.61. The minimum atomic E-state index is -0.182. The topological polar surface area (TPSA) is 87.5 Å². The van der Waals surface area contributed by atoms with Crippen molar-refractivity contribution < 1.29 is 19.0 Å². The van der Waals surface area contributed by atoms with Crippen LogP contribution in [0.4, 0.5) is 0 Å². The average molecular weight is 449 g/mol. The van der Waals surface area contributed by atoms with Gasteiger partial charge in [0.2, 0.25) is 11.7 Å². The summed E-state index contributed by atoms with van der Waals surface area (Å²) in [5, 5.41) is 7.70. The third-order valence-electron chi connectivity index (χ3n) is 5.52. The maximum atomic E-state index is 12.4. The van der Waals surface area contributed by atoms with E-state index < -0.39 is 0 Å². The van der Waals surface area contributed by atoms with Crippen molar-refractivity contribution in [3.8, 4) is 28.5 Å². The van der Waals surface area contributed by atoms with Crippen molar-refractivity contribution in [2.75, 3.05) is 27.9 Å². The molecule has 2 aromatic heterocycles. The number of benzene rings is 1. The lowest BCUT2D eigenvalue weighted by molar-refractivity contribution is -0.116. The first-order valence-corrected chi connectivity index (χ1v) is 10.9. The van der Waals surface area contributed by atoms with Crippen LogP contribution >= 0.6 is 0 Å². The van der Waals surface area contributed by atoms with E-state index in [0.717, 1.165) is 16.8 Å². The molecule has 0 spiro atoms. The van der Waals surface area contributed by atoms with Crippen LogP contribution in [0.1, 0.15) is 30.0 Å². The van der Waals surface area contributed by atoms with E-state index in [9.17, 15) is 4.79 Å². The smallest absolute Gasteiger partial charge is 0.244 e. The van der Waals surface area contributed by atoms with Gasteiger partial charge in [0.1, 0.15) is 0 Å². The molecule has 1 aromatic carbocycles. The van der Waals surface area contributed by atoms with Crippen molar-refractivity contribution in [3.05, 3.63) is 60.1 Å². The van der Waals surface area contributed by atoms with Gasteiger partial charge in [-0.05, 0) is 54.8 Å². The SMILES string of the molecule is COc1cc(C=CC(=O)NCCn2nc(-c3ccncc3)cc2C2CC2)cc(OC)c1OC. The third kappa shape index (κ3) is 5.34. The summed E-state index contributed by atoms with van der Waals surface area (Å²) >= 11 is 0. The number of amides is 1. The number of pyridine rings is 1. The monoisotopic (exact) mass is 448 g/mol. The Morgan fingerprint density at radius 1 is 1.09 bits per heavy atom. The normalized spacial score (nSPS) is 13.2. The van der Waals surface area contributed by atoms with Crippen LogP contribution in [-0.2, 0) is 11.3 Å². The first-order valence-electron chi connectivity index (χ1n) is 10.9. The lowest BCUT2D eigenvalue weighted by Gasteiger charge is -2.12. The number of carbonyl (C=O) groups is 1. The number of nitrogens with one attached hydrogen (secondary N) is 1. The molecule has 172 valence electrons. The fourth-order valence-electron chi connectivity index (χ4n) is 3.70. The summed E-state index contributed by atoms with van der Waals surface area (Å²) in [6, 6.07) is 9.65. The van der Waals surface area contributed by atoms with Crippen LogP contribution < -0.4 is 19.5 Å². The van der Waals surface area contributed by atoms with E-state index in [2.05, 4.69) is 16.4 Å². The van der Waals surface area contributed by atoms with Gasteiger partial charge in [0.05, 0.1) is 33.6 Å². The summed E-state index contributed by atoms with van der Waals surface area (Å²) in [5.74, 6) is 1.96. The van der Waals surface area contributed by atoms with Crippen molar-refractivity contribution in [3.63, 3.8) is 0 Å². The van der Waals surface area contributed by atoms with Gasteiger partial charge in [-0.3, -0.25) is 14.5 Å². The fraction of sp³-hybridized carbons (Fsp3) is 0.320. The second-order valence-corrected chi connectivity index (χ2v) is 7.77. The molecule has 8 heteroatoms. The van der Waals surface area contributed by atoms with E-state index >= 15 is 0 Å². The molecule has 1 aliphatic carbocycles. The Morgan fingerprint density at radius 3 is 2.39 bits per heavy atom. The van der Waals surface area contributed by atoms with Gasteiger partial charge in [-0.2, -0.15) is 5.10 Å². The van der Waals surface area contributed by atoms with E-state index in [1.54, 1.807) is 51.9 Å². The highest BCUT2D eigenvalue weighted by molar-refractivity contribution is 5.91. The van der Waals surface area contributed by atoms with Crippen molar-refractivity contribution in [2.24, 2.45) is 0 Å². The molecule has 3 aromatic rings. The largest absolute Gasteiger partial charge is 0.493 e. The molecule has 0 saturated heterocycles. The quantitative estimate of drug-likeness (QED) is 0.476. The summed E-state index contributed by atoms with van der Waals surface area (Å²) in [7, 11) is 4.67. The van der Waals surface area contributed by atoms with Crippen LogP contribution in [0.2, 0.25) is 0 Å². The summed E-state index contributed by atoms with van der Waals surface area (Å²) < 4.78 is 18.1. The van der Waals surface area contributed by atoms with Gasteiger partial charge < -0.3 is 19.5 Å². The van der Waals surface area contributed by atoms with Crippen LogP contribution in [-0.4, -0.2) is 48.5 Å². The van der Waals surface area contributed by atoms with Crippen molar-refractivity contribution in [2.45, 2.75) is 25.3 Å². The molecule has 33 heavy (non-hydrogen) atoms. The Labute approximate surface area is 193 Å². The molecule has 1 aliphatic rings. The van der Waals surface area contributed by atoms with E-state index in [-0.39, 0.29) is 5.91 Å². The van der Waals surface area contributed by atoms with Gasteiger partial charge in [0.25, 0.3) is 0 Å². The summed E-state index contributed by atoms with van der Waals surface area (Å²) in [6.07, 6.45) is 9.12. The third-order valence-corrected chi connectivity index (χ3v) is 5.52. The van der Waals surface area contributed by atoms with Gasteiger partial charge in [-0.25, -0.2) is 0 Å². The molecule has 8 nitrogen and oxygen atoms in total. The molecule has 1 fully saturated rings. The van der Waals surface area contributed by atoms with Crippen LogP contribution in [0.25, 0.3) is 17.3 Å². The number of rotatable bonds is 10. The number of ether oxygens (including phenoxy) is 3. The summed E-state index contributed by atoms with van der Waals surface area (Å²) in [5.41, 5.74) is 3.98. The zero-order valence-electron chi connectivity index (χ0n) is 19.1. The first kappa shape index (κ1) is 22.4. The Kier molecular flexibility index (Phi) is 6.92. The lowest BCUT2D eigenvalue weighted by Crippen LogP contribution is -2.26. The van der Waals surface area contributed by atoms with Gasteiger partial charge in [-0.15, -0.1) is 0 Å². The second kappa shape index (κ2) is 10.2. The molecule has 0 bridgehead atoms. The van der Waals surface area contributed by atoms with E-state index in [1.165, 1.54) is 24.6 Å². The molecular weight excluding hydrogens is 420 g/mol.